The van der Waals surface area contributed by atoms with Crippen molar-refractivity contribution in [2.75, 3.05) is 13.2 Å². The first-order chi connectivity index (χ1) is 16.8. The van der Waals surface area contributed by atoms with Crippen LogP contribution in [0.2, 0.25) is 0 Å². The Bertz CT molecular complexity index is 717. The summed E-state index contributed by atoms with van der Waals surface area (Å²) < 4.78 is 22.8. The molecule has 1 N–H and O–H groups in total. The van der Waals surface area contributed by atoms with Crippen LogP contribution in [-0.2, 0) is 28.5 Å². The van der Waals surface area contributed by atoms with Crippen molar-refractivity contribution < 1.29 is 33.3 Å². The summed E-state index contributed by atoms with van der Waals surface area (Å²) in [6.45, 7) is 24.5. The van der Waals surface area contributed by atoms with Crippen molar-refractivity contribution in [3.63, 3.8) is 0 Å². The third kappa shape index (κ3) is 13.5. The van der Waals surface area contributed by atoms with E-state index in [9.17, 15) is 14.4 Å². The van der Waals surface area contributed by atoms with Crippen molar-refractivity contribution >= 4 is 18.0 Å². The summed E-state index contributed by atoms with van der Waals surface area (Å²) in [6, 6.07) is 0. The molecule has 0 aromatic carbocycles. The maximum atomic E-state index is 12.7. The second-order valence-electron chi connectivity index (χ2n) is 13.1. The smallest absolute Gasteiger partial charge is 0.407 e. The summed E-state index contributed by atoms with van der Waals surface area (Å²) in [5, 5.41) is 2.71. The van der Waals surface area contributed by atoms with Crippen LogP contribution in [0, 0.1) is 16.2 Å². The molecule has 0 spiro atoms. The Morgan fingerprint density at radius 1 is 0.784 bits per heavy atom. The standard InChI is InChI=1S/C29H55NO7/c1-13-17-22(31)36-24(34-14-2)29(11,12)28(9,10)20-21(26(3,4)5)35-23(32)18-15-16-19-30-25(33)37-27(6,7)8/h21,24H,13-20H2,1-12H3,(H,30,33). The molecule has 0 saturated heterocycles. The number of carbonyl (C=O) groups is 3. The topological polar surface area (TPSA) is 100 Å². The van der Waals surface area contributed by atoms with Crippen LogP contribution in [0.25, 0.3) is 0 Å². The van der Waals surface area contributed by atoms with E-state index in [-0.39, 0.29) is 29.9 Å². The number of ether oxygens (including phenoxy) is 4. The van der Waals surface area contributed by atoms with E-state index >= 15 is 0 Å². The van der Waals surface area contributed by atoms with Crippen LogP contribution < -0.4 is 5.32 Å². The van der Waals surface area contributed by atoms with Gasteiger partial charge >= 0.3 is 18.0 Å². The first-order valence-electron chi connectivity index (χ1n) is 13.7. The van der Waals surface area contributed by atoms with Gasteiger partial charge in [0.1, 0.15) is 11.7 Å². The Kier molecular flexibility index (Phi) is 14.2. The zero-order chi connectivity index (χ0) is 29.1. The highest BCUT2D eigenvalue weighted by Gasteiger charge is 2.48. The molecule has 0 aliphatic rings. The molecule has 0 rings (SSSR count). The van der Waals surface area contributed by atoms with Crippen molar-refractivity contribution in [1.82, 2.24) is 5.32 Å². The van der Waals surface area contributed by atoms with Gasteiger partial charge in [0.05, 0.1) is 0 Å². The van der Waals surface area contributed by atoms with Gasteiger partial charge in [0.25, 0.3) is 0 Å². The highest BCUT2D eigenvalue weighted by molar-refractivity contribution is 5.70. The lowest BCUT2D eigenvalue weighted by molar-refractivity contribution is -0.228. The number of amides is 1. The molecule has 0 bridgehead atoms. The fourth-order valence-electron chi connectivity index (χ4n) is 3.61. The summed E-state index contributed by atoms with van der Waals surface area (Å²) in [5.74, 6) is -0.536. The molecule has 0 aliphatic carbocycles. The molecule has 0 heterocycles. The SMILES string of the molecule is CCCC(=O)OC(OCC)C(C)(C)C(C)(C)CC(OC(=O)CCCCNC(=O)OC(C)(C)C)C(C)(C)C. The highest BCUT2D eigenvalue weighted by Crippen LogP contribution is 2.48. The molecule has 37 heavy (non-hydrogen) atoms. The Hall–Kier alpha value is -1.83. The predicted octanol–water partition coefficient (Wildman–Crippen LogP) is 6.79. The quantitative estimate of drug-likeness (QED) is 0.108. The lowest BCUT2D eigenvalue weighted by Gasteiger charge is -2.48. The molecule has 8 nitrogen and oxygen atoms in total. The van der Waals surface area contributed by atoms with E-state index in [1.165, 1.54) is 0 Å². The highest BCUT2D eigenvalue weighted by atomic mass is 16.7. The molecule has 0 aromatic heterocycles. The summed E-state index contributed by atoms with van der Waals surface area (Å²) in [4.78, 5) is 36.8. The Morgan fingerprint density at radius 2 is 1.35 bits per heavy atom. The van der Waals surface area contributed by atoms with Gasteiger partial charge in [0, 0.05) is 31.4 Å². The largest absolute Gasteiger partial charge is 0.462 e. The van der Waals surface area contributed by atoms with Crippen molar-refractivity contribution in [2.45, 2.75) is 140 Å². The number of hydrogen-bond donors (Lipinski definition) is 1. The summed E-state index contributed by atoms with van der Waals surface area (Å²) in [5.41, 5.74) is -1.77. The van der Waals surface area contributed by atoms with E-state index < -0.39 is 28.8 Å². The maximum Gasteiger partial charge on any atom is 0.407 e. The zero-order valence-electron chi connectivity index (χ0n) is 25.7. The van der Waals surface area contributed by atoms with Gasteiger partial charge in [-0.05, 0) is 64.2 Å². The van der Waals surface area contributed by atoms with Gasteiger partial charge in [-0.1, -0.05) is 55.4 Å². The fraction of sp³-hybridized carbons (Fsp3) is 0.897. The van der Waals surface area contributed by atoms with E-state index in [0.717, 1.165) is 0 Å². The third-order valence-corrected chi connectivity index (χ3v) is 6.76. The van der Waals surface area contributed by atoms with Crippen LogP contribution in [0.4, 0.5) is 4.79 Å². The van der Waals surface area contributed by atoms with Crippen molar-refractivity contribution in [3.8, 4) is 0 Å². The minimum absolute atomic E-state index is 0.262. The minimum atomic E-state index is -0.708. The summed E-state index contributed by atoms with van der Waals surface area (Å²) in [7, 11) is 0. The van der Waals surface area contributed by atoms with Crippen molar-refractivity contribution in [2.24, 2.45) is 16.2 Å². The molecule has 2 unspecified atom stereocenters. The van der Waals surface area contributed by atoms with Crippen LogP contribution in [0.3, 0.4) is 0 Å². The normalized spacial score (nSPS) is 14.5. The average Bonchev–Trinajstić information content (AvgIpc) is 2.70. The number of nitrogens with one attached hydrogen (secondary N) is 1. The molecule has 0 fully saturated rings. The number of alkyl carbamates (subject to hydrolysis) is 1. The van der Waals surface area contributed by atoms with Crippen LogP contribution in [-0.4, -0.2) is 49.2 Å². The monoisotopic (exact) mass is 529 g/mol. The number of hydrogen-bond acceptors (Lipinski definition) is 7. The minimum Gasteiger partial charge on any atom is -0.462 e. The Balaban J connectivity index is 5.16. The van der Waals surface area contributed by atoms with Gasteiger partial charge in [0.2, 0.25) is 6.29 Å². The van der Waals surface area contributed by atoms with Gasteiger partial charge < -0.3 is 24.3 Å². The molecule has 1 amide bonds. The number of rotatable bonds is 15. The van der Waals surface area contributed by atoms with E-state index in [1.807, 2.05) is 48.5 Å². The third-order valence-electron chi connectivity index (χ3n) is 6.76. The van der Waals surface area contributed by atoms with Crippen LogP contribution in [0.1, 0.15) is 122 Å². The molecule has 0 radical (unpaired) electrons. The van der Waals surface area contributed by atoms with Gasteiger partial charge in [-0.2, -0.15) is 0 Å². The van der Waals surface area contributed by atoms with Crippen LogP contribution in [0.15, 0.2) is 0 Å². The Labute approximate surface area is 225 Å². The first kappa shape index (κ1) is 35.2. The van der Waals surface area contributed by atoms with Crippen molar-refractivity contribution in [3.05, 3.63) is 0 Å². The van der Waals surface area contributed by atoms with Crippen LogP contribution >= 0.6 is 0 Å². The van der Waals surface area contributed by atoms with Gasteiger partial charge in [-0.25, -0.2) is 4.79 Å². The molecular weight excluding hydrogens is 474 g/mol. The second kappa shape index (κ2) is 14.9. The molecule has 0 saturated carbocycles. The maximum absolute atomic E-state index is 12.7. The number of unbranched alkanes of at least 4 members (excludes halogenated alkanes) is 1. The van der Waals surface area contributed by atoms with Gasteiger partial charge in [-0.15, -0.1) is 0 Å². The summed E-state index contributed by atoms with van der Waals surface area (Å²) in [6.07, 6.45) is 1.62. The van der Waals surface area contributed by atoms with Crippen LogP contribution in [0.5, 0.6) is 0 Å². The lowest BCUT2D eigenvalue weighted by Crippen LogP contribution is -2.49. The van der Waals surface area contributed by atoms with E-state index in [2.05, 4.69) is 39.9 Å². The van der Waals surface area contributed by atoms with E-state index in [0.29, 0.717) is 45.3 Å². The molecule has 218 valence electrons. The zero-order valence-corrected chi connectivity index (χ0v) is 25.7. The number of carbonyl (C=O) groups excluding carboxylic acids is 3. The Morgan fingerprint density at radius 3 is 1.84 bits per heavy atom. The second-order valence-corrected chi connectivity index (χ2v) is 13.1. The molecule has 0 aliphatic heterocycles. The van der Waals surface area contributed by atoms with E-state index in [1.54, 1.807) is 0 Å². The molecule has 0 aromatic rings. The molecule has 2 atom stereocenters. The fourth-order valence-corrected chi connectivity index (χ4v) is 3.61. The summed E-state index contributed by atoms with van der Waals surface area (Å²) >= 11 is 0. The average molecular weight is 530 g/mol. The first-order valence-corrected chi connectivity index (χ1v) is 13.7. The van der Waals surface area contributed by atoms with Crippen molar-refractivity contribution in [1.29, 1.82) is 0 Å². The van der Waals surface area contributed by atoms with Gasteiger partial charge in [-0.3, -0.25) is 9.59 Å². The lowest BCUT2D eigenvalue weighted by atomic mass is 9.62. The predicted molar refractivity (Wildman–Crippen MR) is 146 cm³/mol. The van der Waals surface area contributed by atoms with Gasteiger partial charge in [0.15, 0.2) is 0 Å². The van der Waals surface area contributed by atoms with E-state index in [4.69, 9.17) is 18.9 Å². The number of esters is 2. The molecular formula is C29H55NO7. The molecule has 8 heteroatoms.